The molecule has 4 rings (SSSR count). The molecule has 0 aromatic rings. The predicted molar refractivity (Wildman–Crippen MR) is 73.1 cm³/mol. The number of ketones is 1. The summed E-state index contributed by atoms with van der Waals surface area (Å²) in [6.07, 6.45) is 6.72. The largest absolute Gasteiger partial charge is 0.453 e. The lowest BCUT2D eigenvalue weighted by Gasteiger charge is -2.56. The van der Waals surface area contributed by atoms with Crippen LogP contribution in [0.25, 0.3) is 0 Å². The van der Waals surface area contributed by atoms with Crippen LogP contribution in [0.2, 0.25) is 0 Å². The Morgan fingerprint density at radius 2 is 1.60 bits per heavy atom. The summed E-state index contributed by atoms with van der Waals surface area (Å²) in [5, 5.41) is 0. The van der Waals surface area contributed by atoms with Gasteiger partial charge in [-0.1, -0.05) is 0 Å². The molecule has 1 unspecified atom stereocenters. The third-order valence-corrected chi connectivity index (χ3v) is 5.36. The Hall–Kier alpha value is -0.900. The molecule has 20 heavy (non-hydrogen) atoms. The van der Waals surface area contributed by atoms with E-state index in [1.165, 1.54) is 26.2 Å². The van der Waals surface area contributed by atoms with Crippen LogP contribution in [0.1, 0.15) is 52.4 Å². The number of carbonyl (C=O) groups is 2. The molecule has 4 saturated carbocycles. The molecule has 4 fully saturated rings. The fourth-order valence-electron chi connectivity index (χ4n) is 4.73. The summed E-state index contributed by atoms with van der Waals surface area (Å²) in [7, 11) is 0. The lowest BCUT2D eigenvalue weighted by Crippen LogP contribution is -2.52. The standard InChI is InChI=1S/C16H24O4/c1-10(17)11(2)20-15(18)9-19-16-6-12-3-13(7-16)5-14(4-12)8-16/h11-14H,3-9H2,1-2H3. The molecule has 0 heterocycles. The minimum absolute atomic E-state index is 0.0101. The van der Waals surface area contributed by atoms with Crippen molar-refractivity contribution in [3.63, 3.8) is 0 Å². The highest BCUT2D eigenvalue weighted by molar-refractivity contribution is 5.83. The predicted octanol–water partition coefficient (Wildman–Crippen LogP) is 2.49. The Balaban J connectivity index is 1.53. The van der Waals surface area contributed by atoms with E-state index in [1.807, 2.05) is 0 Å². The Kier molecular flexibility index (Phi) is 3.61. The molecule has 0 radical (unpaired) electrons. The highest BCUT2D eigenvalue weighted by atomic mass is 16.6. The van der Waals surface area contributed by atoms with Gasteiger partial charge in [0.2, 0.25) is 0 Å². The number of esters is 1. The first-order valence-electron chi connectivity index (χ1n) is 7.80. The van der Waals surface area contributed by atoms with Crippen molar-refractivity contribution in [3.8, 4) is 0 Å². The highest BCUT2D eigenvalue weighted by Crippen LogP contribution is 2.57. The van der Waals surface area contributed by atoms with Gasteiger partial charge in [0.05, 0.1) is 5.60 Å². The van der Waals surface area contributed by atoms with Crippen LogP contribution < -0.4 is 0 Å². The van der Waals surface area contributed by atoms with Crippen LogP contribution in [-0.4, -0.2) is 30.1 Å². The van der Waals surface area contributed by atoms with Gasteiger partial charge in [-0.05, 0) is 70.1 Å². The van der Waals surface area contributed by atoms with Crippen molar-refractivity contribution < 1.29 is 19.1 Å². The zero-order chi connectivity index (χ0) is 14.3. The SMILES string of the molecule is CC(=O)C(C)OC(=O)COC12CC3CC(CC(C3)C1)C2. The fraction of sp³-hybridized carbons (Fsp3) is 0.875. The molecule has 0 N–H and O–H groups in total. The van der Waals surface area contributed by atoms with E-state index < -0.39 is 12.1 Å². The highest BCUT2D eigenvalue weighted by Gasteiger charge is 2.51. The van der Waals surface area contributed by atoms with Gasteiger partial charge in [0.1, 0.15) is 6.61 Å². The quantitative estimate of drug-likeness (QED) is 0.726. The molecule has 4 nitrogen and oxygen atoms in total. The lowest BCUT2D eigenvalue weighted by molar-refractivity contribution is -0.185. The van der Waals surface area contributed by atoms with E-state index in [0.717, 1.165) is 37.0 Å². The summed E-state index contributed by atoms with van der Waals surface area (Å²) in [5.41, 5.74) is -0.0762. The van der Waals surface area contributed by atoms with Crippen LogP contribution in [0.3, 0.4) is 0 Å². The lowest BCUT2D eigenvalue weighted by atomic mass is 9.54. The first-order valence-corrected chi connectivity index (χ1v) is 7.80. The van der Waals surface area contributed by atoms with Gasteiger partial charge >= 0.3 is 5.97 Å². The van der Waals surface area contributed by atoms with Gasteiger partial charge in [0, 0.05) is 0 Å². The van der Waals surface area contributed by atoms with Gasteiger partial charge in [-0.2, -0.15) is 0 Å². The second-order valence-electron chi connectivity index (χ2n) is 7.13. The Morgan fingerprint density at radius 1 is 1.10 bits per heavy atom. The third-order valence-electron chi connectivity index (χ3n) is 5.36. The molecule has 0 saturated heterocycles. The summed E-state index contributed by atoms with van der Waals surface area (Å²) in [6, 6.07) is 0. The van der Waals surface area contributed by atoms with Gasteiger partial charge in [-0.25, -0.2) is 4.79 Å². The molecular formula is C16H24O4. The maximum Gasteiger partial charge on any atom is 0.332 e. The first-order chi connectivity index (χ1) is 9.46. The van der Waals surface area contributed by atoms with Crippen molar-refractivity contribution in [1.29, 1.82) is 0 Å². The van der Waals surface area contributed by atoms with E-state index in [-0.39, 0.29) is 18.0 Å². The smallest absolute Gasteiger partial charge is 0.332 e. The first kappa shape index (κ1) is 14.1. The van der Waals surface area contributed by atoms with Crippen molar-refractivity contribution in [3.05, 3.63) is 0 Å². The molecule has 0 aromatic heterocycles. The van der Waals surface area contributed by atoms with Crippen LogP contribution in [-0.2, 0) is 19.1 Å². The van der Waals surface area contributed by atoms with E-state index in [2.05, 4.69) is 0 Å². The van der Waals surface area contributed by atoms with E-state index in [1.54, 1.807) is 6.92 Å². The number of hydrogen-bond acceptors (Lipinski definition) is 4. The molecular weight excluding hydrogens is 256 g/mol. The van der Waals surface area contributed by atoms with E-state index in [9.17, 15) is 9.59 Å². The molecule has 0 aromatic carbocycles. The Morgan fingerprint density at radius 3 is 2.05 bits per heavy atom. The van der Waals surface area contributed by atoms with Crippen LogP contribution in [0, 0.1) is 17.8 Å². The van der Waals surface area contributed by atoms with Crippen molar-refractivity contribution in [1.82, 2.24) is 0 Å². The normalized spacial score (nSPS) is 39.6. The van der Waals surface area contributed by atoms with Gasteiger partial charge in [-0.15, -0.1) is 0 Å². The van der Waals surface area contributed by atoms with Crippen molar-refractivity contribution in [2.45, 2.75) is 64.1 Å². The van der Waals surface area contributed by atoms with E-state index in [0.29, 0.717) is 0 Å². The zero-order valence-corrected chi connectivity index (χ0v) is 12.4. The minimum atomic E-state index is -0.664. The van der Waals surface area contributed by atoms with E-state index in [4.69, 9.17) is 9.47 Å². The average Bonchev–Trinajstić information content (AvgIpc) is 2.34. The number of hydrogen-bond donors (Lipinski definition) is 0. The topological polar surface area (TPSA) is 52.6 Å². The summed E-state index contributed by atoms with van der Waals surface area (Å²) in [4.78, 5) is 22.8. The third kappa shape index (κ3) is 2.76. The summed E-state index contributed by atoms with van der Waals surface area (Å²) in [6.45, 7) is 3.02. The van der Waals surface area contributed by atoms with Crippen molar-refractivity contribution >= 4 is 11.8 Å². The van der Waals surface area contributed by atoms with Crippen LogP contribution in [0.5, 0.6) is 0 Å². The Labute approximate surface area is 120 Å². The fourth-order valence-corrected chi connectivity index (χ4v) is 4.73. The minimum Gasteiger partial charge on any atom is -0.453 e. The second-order valence-corrected chi connectivity index (χ2v) is 7.13. The summed E-state index contributed by atoms with van der Waals surface area (Å²) in [5.74, 6) is 1.85. The summed E-state index contributed by atoms with van der Waals surface area (Å²) >= 11 is 0. The molecule has 4 aliphatic rings. The van der Waals surface area contributed by atoms with Crippen LogP contribution in [0.4, 0.5) is 0 Å². The van der Waals surface area contributed by atoms with E-state index >= 15 is 0 Å². The van der Waals surface area contributed by atoms with Crippen molar-refractivity contribution in [2.75, 3.05) is 6.61 Å². The average molecular weight is 280 g/mol. The van der Waals surface area contributed by atoms with Crippen LogP contribution >= 0.6 is 0 Å². The molecule has 1 atom stereocenters. The van der Waals surface area contributed by atoms with Gasteiger partial charge in [-0.3, -0.25) is 4.79 Å². The van der Waals surface area contributed by atoms with Crippen molar-refractivity contribution in [2.24, 2.45) is 17.8 Å². The van der Waals surface area contributed by atoms with Crippen LogP contribution in [0.15, 0.2) is 0 Å². The maximum atomic E-state index is 11.8. The summed E-state index contributed by atoms with van der Waals surface area (Å²) < 4.78 is 11.1. The maximum absolute atomic E-state index is 11.8. The number of ether oxygens (including phenoxy) is 2. The van der Waals surface area contributed by atoms with Gasteiger partial charge in [0.25, 0.3) is 0 Å². The zero-order valence-electron chi connectivity index (χ0n) is 12.4. The molecule has 4 heteroatoms. The molecule has 112 valence electrons. The number of rotatable bonds is 5. The molecule has 0 spiro atoms. The Bertz CT molecular complexity index is 379. The van der Waals surface area contributed by atoms with Gasteiger partial charge in [0.15, 0.2) is 11.9 Å². The van der Waals surface area contributed by atoms with Gasteiger partial charge < -0.3 is 9.47 Å². The monoisotopic (exact) mass is 280 g/mol. The molecule has 0 amide bonds. The molecule has 4 bridgehead atoms. The molecule has 4 aliphatic carbocycles. The molecule has 0 aliphatic heterocycles. The number of Topliss-reactive ketones (excluding diaryl/α,β-unsaturated/α-hetero) is 1. The second kappa shape index (κ2) is 5.14. The number of carbonyl (C=O) groups excluding carboxylic acids is 2.